The van der Waals surface area contributed by atoms with Crippen molar-refractivity contribution >= 4 is 28.9 Å². The fourth-order valence-electron chi connectivity index (χ4n) is 1.86. The summed E-state index contributed by atoms with van der Waals surface area (Å²) in [5, 5.41) is 24.8. The minimum atomic E-state index is -0.617. The number of hydrogen-bond donors (Lipinski definition) is 3. The van der Waals surface area contributed by atoms with Crippen LogP contribution in [0.5, 0.6) is 5.75 Å². The van der Waals surface area contributed by atoms with Crippen molar-refractivity contribution in [2.24, 2.45) is 0 Å². The Morgan fingerprint density at radius 2 is 2.00 bits per heavy atom. The highest BCUT2D eigenvalue weighted by Gasteiger charge is 2.11. The number of para-hydroxylation sites is 2. The van der Waals surface area contributed by atoms with Gasteiger partial charge in [-0.1, -0.05) is 23.7 Å². The third kappa shape index (κ3) is 4.25. The van der Waals surface area contributed by atoms with Gasteiger partial charge >= 0.3 is 0 Å². The summed E-state index contributed by atoms with van der Waals surface area (Å²) in [4.78, 5) is 12.1. The molecule has 1 amide bonds. The van der Waals surface area contributed by atoms with Gasteiger partial charge in [0.15, 0.2) is 0 Å². The minimum Gasteiger partial charge on any atom is -0.506 e. The number of nitrogens with one attached hydrogen (secondary N) is 2. The summed E-state index contributed by atoms with van der Waals surface area (Å²) >= 11 is 5.88. The molecular weight excluding hydrogens is 314 g/mol. The van der Waals surface area contributed by atoms with Crippen LogP contribution in [0.2, 0.25) is 5.02 Å². The molecule has 2 rings (SSSR count). The third-order valence-corrected chi connectivity index (χ3v) is 3.31. The number of carbonyl (C=O) groups excluding carboxylic acids is 1. The first-order valence-corrected chi connectivity index (χ1v) is 7.11. The van der Waals surface area contributed by atoms with Crippen LogP contribution >= 0.6 is 11.6 Å². The van der Waals surface area contributed by atoms with E-state index in [1.165, 1.54) is 12.3 Å². The van der Waals surface area contributed by atoms with E-state index in [4.69, 9.17) is 16.9 Å². The monoisotopic (exact) mass is 327 g/mol. The highest BCUT2D eigenvalue weighted by molar-refractivity contribution is 6.30. The smallest absolute Gasteiger partial charge is 0.267 e. The molecule has 0 atom stereocenters. The number of amides is 1. The number of carbonyl (C=O) groups is 1. The zero-order chi connectivity index (χ0) is 16.8. The van der Waals surface area contributed by atoms with E-state index < -0.39 is 5.91 Å². The predicted molar refractivity (Wildman–Crippen MR) is 90.2 cm³/mol. The number of anilines is 2. The van der Waals surface area contributed by atoms with E-state index in [0.717, 1.165) is 11.3 Å². The first-order chi connectivity index (χ1) is 11.0. The second kappa shape index (κ2) is 7.34. The van der Waals surface area contributed by atoms with Crippen LogP contribution in [0.15, 0.2) is 54.2 Å². The maximum atomic E-state index is 12.1. The van der Waals surface area contributed by atoms with Gasteiger partial charge in [0.05, 0.1) is 5.69 Å². The molecule has 3 N–H and O–H groups in total. The zero-order valence-corrected chi connectivity index (χ0v) is 13.1. The van der Waals surface area contributed by atoms with Gasteiger partial charge in [-0.25, -0.2) is 0 Å². The quantitative estimate of drug-likeness (QED) is 0.453. The molecule has 0 saturated carbocycles. The number of hydrogen-bond acceptors (Lipinski definition) is 4. The maximum absolute atomic E-state index is 12.1. The largest absolute Gasteiger partial charge is 0.506 e. The molecule has 0 heterocycles. The standard InChI is InChI=1S/C17H14ClN3O2/c1-11-8-13(18)6-7-14(11)20-10-12(9-19)17(23)21-15-4-2-3-5-16(15)22/h2-8,10,20,22H,1H3,(H,21,23)/b12-10-. The molecule has 0 fully saturated rings. The second-order valence-corrected chi connectivity index (χ2v) is 5.18. The van der Waals surface area contributed by atoms with Gasteiger partial charge in [-0.2, -0.15) is 5.26 Å². The summed E-state index contributed by atoms with van der Waals surface area (Å²) in [6, 6.07) is 13.3. The van der Waals surface area contributed by atoms with Crippen molar-refractivity contribution < 1.29 is 9.90 Å². The summed E-state index contributed by atoms with van der Waals surface area (Å²) in [5.74, 6) is -0.687. The average Bonchev–Trinajstić information content (AvgIpc) is 2.52. The summed E-state index contributed by atoms with van der Waals surface area (Å²) in [6.45, 7) is 1.86. The van der Waals surface area contributed by atoms with Gasteiger partial charge in [0.2, 0.25) is 0 Å². The molecule has 0 bridgehead atoms. The lowest BCUT2D eigenvalue weighted by atomic mass is 10.2. The SMILES string of the molecule is Cc1cc(Cl)ccc1N/C=C(/C#N)C(=O)Nc1ccccc1O. The van der Waals surface area contributed by atoms with Crippen molar-refractivity contribution in [1.82, 2.24) is 0 Å². The summed E-state index contributed by atoms with van der Waals surface area (Å²) in [5.41, 5.74) is 1.73. The first-order valence-electron chi connectivity index (χ1n) is 6.73. The van der Waals surface area contributed by atoms with Gasteiger partial charge in [-0.3, -0.25) is 4.79 Å². The van der Waals surface area contributed by atoms with Crippen LogP contribution < -0.4 is 10.6 Å². The van der Waals surface area contributed by atoms with Crippen LogP contribution in [-0.4, -0.2) is 11.0 Å². The fraction of sp³-hybridized carbons (Fsp3) is 0.0588. The Morgan fingerprint density at radius 3 is 2.65 bits per heavy atom. The van der Waals surface area contributed by atoms with Crippen LogP contribution in [0.4, 0.5) is 11.4 Å². The zero-order valence-electron chi connectivity index (χ0n) is 12.3. The predicted octanol–water partition coefficient (Wildman–Crippen LogP) is 3.81. The van der Waals surface area contributed by atoms with Crippen molar-refractivity contribution in [3.8, 4) is 11.8 Å². The lowest BCUT2D eigenvalue weighted by Crippen LogP contribution is -2.14. The van der Waals surface area contributed by atoms with Crippen molar-refractivity contribution in [2.75, 3.05) is 10.6 Å². The Balaban J connectivity index is 2.14. The van der Waals surface area contributed by atoms with E-state index in [0.29, 0.717) is 5.02 Å². The molecule has 0 aromatic heterocycles. The summed E-state index contributed by atoms with van der Waals surface area (Å²) in [6.07, 6.45) is 1.31. The molecule has 0 aliphatic rings. The van der Waals surface area contributed by atoms with Crippen molar-refractivity contribution in [1.29, 1.82) is 5.26 Å². The minimum absolute atomic E-state index is 0.0698. The number of rotatable bonds is 4. The molecule has 23 heavy (non-hydrogen) atoms. The topological polar surface area (TPSA) is 85.2 Å². The molecule has 0 unspecified atom stereocenters. The number of nitrogens with zero attached hydrogens (tertiary/aromatic N) is 1. The third-order valence-electron chi connectivity index (χ3n) is 3.08. The van der Waals surface area contributed by atoms with Gasteiger partial charge in [-0.05, 0) is 42.8 Å². The Bertz CT molecular complexity index is 810. The Hall–Kier alpha value is -2.97. The molecule has 2 aromatic carbocycles. The first kappa shape index (κ1) is 16.4. The normalized spacial score (nSPS) is 10.7. The molecule has 5 nitrogen and oxygen atoms in total. The Labute approximate surface area is 138 Å². The van der Waals surface area contributed by atoms with Gasteiger partial charge in [-0.15, -0.1) is 0 Å². The molecule has 0 saturated heterocycles. The number of aryl methyl sites for hydroxylation is 1. The van der Waals surface area contributed by atoms with E-state index >= 15 is 0 Å². The summed E-state index contributed by atoms with van der Waals surface area (Å²) < 4.78 is 0. The van der Waals surface area contributed by atoms with E-state index in [9.17, 15) is 9.90 Å². The molecule has 0 aliphatic heterocycles. The van der Waals surface area contributed by atoms with Crippen molar-refractivity contribution in [2.45, 2.75) is 6.92 Å². The van der Waals surface area contributed by atoms with Gasteiger partial charge in [0.25, 0.3) is 5.91 Å². The van der Waals surface area contributed by atoms with Crippen LogP contribution in [0.3, 0.4) is 0 Å². The second-order valence-electron chi connectivity index (χ2n) is 4.74. The maximum Gasteiger partial charge on any atom is 0.267 e. The van der Waals surface area contributed by atoms with Crippen molar-refractivity contribution in [3.63, 3.8) is 0 Å². The van der Waals surface area contributed by atoms with E-state index in [-0.39, 0.29) is 17.0 Å². The fourth-order valence-corrected chi connectivity index (χ4v) is 2.08. The number of halogens is 1. The molecule has 0 radical (unpaired) electrons. The Morgan fingerprint density at radius 1 is 1.26 bits per heavy atom. The number of nitriles is 1. The lowest BCUT2D eigenvalue weighted by Gasteiger charge is -2.08. The highest BCUT2D eigenvalue weighted by atomic mass is 35.5. The summed E-state index contributed by atoms with van der Waals surface area (Å²) in [7, 11) is 0. The van der Waals surface area contributed by atoms with Crippen LogP contribution in [0, 0.1) is 18.3 Å². The molecular formula is C17H14ClN3O2. The molecule has 6 heteroatoms. The number of aromatic hydroxyl groups is 1. The average molecular weight is 328 g/mol. The number of benzene rings is 2. The van der Waals surface area contributed by atoms with Crippen LogP contribution in [-0.2, 0) is 4.79 Å². The molecule has 116 valence electrons. The van der Waals surface area contributed by atoms with Crippen molar-refractivity contribution in [3.05, 3.63) is 64.8 Å². The molecule has 2 aromatic rings. The van der Waals surface area contributed by atoms with Crippen LogP contribution in [0.1, 0.15) is 5.56 Å². The molecule has 0 aliphatic carbocycles. The van der Waals surface area contributed by atoms with E-state index in [1.807, 2.05) is 13.0 Å². The van der Waals surface area contributed by atoms with E-state index in [2.05, 4.69) is 10.6 Å². The van der Waals surface area contributed by atoms with Crippen LogP contribution in [0.25, 0.3) is 0 Å². The highest BCUT2D eigenvalue weighted by Crippen LogP contribution is 2.22. The lowest BCUT2D eigenvalue weighted by molar-refractivity contribution is -0.112. The van der Waals surface area contributed by atoms with Gasteiger partial charge in [0, 0.05) is 16.9 Å². The van der Waals surface area contributed by atoms with Gasteiger partial charge in [0.1, 0.15) is 17.4 Å². The number of phenolic OH excluding ortho intramolecular Hbond substituents is 1. The van der Waals surface area contributed by atoms with Gasteiger partial charge < -0.3 is 15.7 Å². The molecule has 0 spiro atoms. The Kier molecular flexibility index (Phi) is 5.23. The number of phenols is 1. The van der Waals surface area contributed by atoms with E-state index in [1.54, 1.807) is 36.4 Å².